The fourth-order valence-electron chi connectivity index (χ4n) is 3.60. The van der Waals surface area contributed by atoms with Gasteiger partial charge in [-0.2, -0.15) is 0 Å². The number of nitrogens with zero attached hydrogens (tertiary/aromatic N) is 5. The molecular formula is C20H36N6O2S. The highest BCUT2D eigenvalue weighted by atomic mass is 32.2. The summed E-state index contributed by atoms with van der Waals surface area (Å²) in [6, 6.07) is 0. The van der Waals surface area contributed by atoms with Crippen LogP contribution in [0.5, 0.6) is 0 Å². The summed E-state index contributed by atoms with van der Waals surface area (Å²) < 4.78 is 7.43. The Balaban J connectivity index is 1.85. The van der Waals surface area contributed by atoms with Crippen LogP contribution in [0.15, 0.2) is 10.1 Å². The summed E-state index contributed by atoms with van der Waals surface area (Å²) in [5.74, 6) is 2.29. The van der Waals surface area contributed by atoms with E-state index in [1.54, 1.807) is 18.8 Å². The monoisotopic (exact) mass is 424 g/mol. The molecular weight excluding hydrogens is 388 g/mol. The van der Waals surface area contributed by atoms with Crippen molar-refractivity contribution < 1.29 is 9.53 Å². The van der Waals surface area contributed by atoms with E-state index in [-0.39, 0.29) is 11.9 Å². The Bertz CT molecular complexity index is 676. The standard InChI is InChI=1S/C20H36N6O2S/c1-6-28-18(27)16-9-8-12-25(14-16)19(21-4)22-11-7-10-17-23-24-20(29-5)26(17)13-15(2)3/h15-16H,6-14H2,1-5H3,(H,21,22). The van der Waals surface area contributed by atoms with Crippen LogP contribution < -0.4 is 5.32 Å². The zero-order valence-electron chi connectivity index (χ0n) is 18.5. The molecule has 0 amide bonds. The summed E-state index contributed by atoms with van der Waals surface area (Å²) in [5, 5.41) is 13.1. The number of hydrogen-bond donors (Lipinski definition) is 1. The van der Waals surface area contributed by atoms with E-state index < -0.39 is 0 Å². The quantitative estimate of drug-likeness (QED) is 0.214. The molecule has 1 atom stereocenters. The first-order chi connectivity index (χ1) is 14.0. The van der Waals surface area contributed by atoms with Gasteiger partial charge in [0.2, 0.25) is 0 Å². The van der Waals surface area contributed by atoms with Gasteiger partial charge >= 0.3 is 5.97 Å². The van der Waals surface area contributed by atoms with Crippen LogP contribution in [0.25, 0.3) is 0 Å². The normalized spacial score (nSPS) is 17.7. The van der Waals surface area contributed by atoms with E-state index in [0.29, 0.717) is 19.1 Å². The number of esters is 1. The van der Waals surface area contributed by atoms with E-state index >= 15 is 0 Å². The van der Waals surface area contributed by atoms with Crippen molar-refractivity contribution in [2.24, 2.45) is 16.8 Å². The molecule has 1 aliphatic rings. The van der Waals surface area contributed by atoms with Crippen LogP contribution in [0.4, 0.5) is 0 Å². The third-order valence-electron chi connectivity index (χ3n) is 4.94. The minimum absolute atomic E-state index is 0.0678. The van der Waals surface area contributed by atoms with Gasteiger partial charge in [-0.05, 0) is 38.4 Å². The maximum absolute atomic E-state index is 12.1. The summed E-state index contributed by atoms with van der Waals surface area (Å²) in [4.78, 5) is 18.7. The molecule has 1 aliphatic heterocycles. The van der Waals surface area contributed by atoms with Crippen molar-refractivity contribution >= 4 is 23.7 Å². The molecule has 0 spiro atoms. The van der Waals surface area contributed by atoms with Gasteiger partial charge < -0.3 is 19.5 Å². The SMILES string of the molecule is CCOC(=O)C1CCCN(C(=NC)NCCCc2nnc(SC)n2CC(C)C)C1. The van der Waals surface area contributed by atoms with Crippen LogP contribution in [0, 0.1) is 11.8 Å². The summed E-state index contributed by atoms with van der Waals surface area (Å²) in [6.45, 7) is 10.0. The maximum atomic E-state index is 12.1. The predicted octanol–water partition coefficient (Wildman–Crippen LogP) is 2.44. The Labute approximate surface area is 178 Å². The van der Waals surface area contributed by atoms with E-state index in [1.165, 1.54) is 0 Å². The van der Waals surface area contributed by atoms with Gasteiger partial charge in [-0.1, -0.05) is 25.6 Å². The topological polar surface area (TPSA) is 84.6 Å². The average molecular weight is 425 g/mol. The van der Waals surface area contributed by atoms with E-state index in [0.717, 1.165) is 62.3 Å². The van der Waals surface area contributed by atoms with E-state index in [9.17, 15) is 4.79 Å². The van der Waals surface area contributed by atoms with Crippen LogP contribution in [0.3, 0.4) is 0 Å². The number of ether oxygens (including phenoxy) is 1. The number of carbonyl (C=O) groups excluding carboxylic acids is 1. The molecule has 1 aromatic rings. The smallest absolute Gasteiger partial charge is 0.310 e. The average Bonchev–Trinajstić information content (AvgIpc) is 3.09. The third kappa shape index (κ3) is 6.90. The Kier molecular flexibility index (Phi) is 9.76. The number of thioether (sulfide) groups is 1. The second-order valence-electron chi connectivity index (χ2n) is 7.72. The molecule has 1 N–H and O–H groups in total. The fraction of sp³-hybridized carbons (Fsp3) is 0.800. The second kappa shape index (κ2) is 12.0. The molecule has 1 fully saturated rings. The Hall–Kier alpha value is -1.77. The summed E-state index contributed by atoms with van der Waals surface area (Å²) in [6.07, 6.45) is 5.71. The van der Waals surface area contributed by atoms with Crippen LogP contribution in [0.1, 0.15) is 45.9 Å². The number of likely N-dealkylation sites (tertiary alicyclic amines) is 1. The third-order valence-corrected chi connectivity index (χ3v) is 5.60. The number of aliphatic imine (C=N–C) groups is 1. The molecule has 8 nitrogen and oxygen atoms in total. The molecule has 29 heavy (non-hydrogen) atoms. The number of carbonyl (C=O) groups is 1. The first-order valence-corrected chi connectivity index (χ1v) is 11.8. The lowest BCUT2D eigenvalue weighted by Crippen LogP contribution is -2.48. The Morgan fingerprint density at radius 1 is 1.41 bits per heavy atom. The number of guanidine groups is 1. The Morgan fingerprint density at radius 3 is 2.86 bits per heavy atom. The lowest BCUT2D eigenvalue weighted by atomic mass is 9.98. The van der Waals surface area contributed by atoms with Crippen molar-refractivity contribution in [3.63, 3.8) is 0 Å². The summed E-state index contributed by atoms with van der Waals surface area (Å²) >= 11 is 1.64. The van der Waals surface area contributed by atoms with Gasteiger partial charge in [-0.15, -0.1) is 10.2 Å². The minimum atomic E-state index is -0.0956. The first-order valence-electron chi connectivity index (χ1n) is 10.6. The van der Waals surface area contributed by atoms with Crippen molar-refractivity contribution in [1.29, 1.82) is 0 Å². The molecule has 0 radical (unpaired) electrons. The van der Waals surface area contributed by atoms with Gasteiger partial charge in [-0.3, -0.25) is 9.79 Å². The lowest BCUT2D eigenvalue weighted by Gasteiger charge is -2.33. The predicted molar refractivity (Wildman–Crippen MR) is 117 cm³/mol. The zero-order chi connectivity index (χ0) is 21.2. The van der Waals surface area contributed by atoms with Crippen molar-refractivity contribution in [3.05, 3.63) is 5.82 Å². The highest BCUT2D eigenvalue weighted by molar-refractivity contribution is 7.98. The molecule has 0 aliphatic carbocycles. The van der Waals surface area contributed by atoms with Crippen molar-refractivity contribution in [1.82, 2.24) is 25.0 Å². The number of hydrogen-bond acceptors (Lipinski definition) is 6. The molecule has 9 heteroatoms. The molecule has 0 bridgehead atoms. The molecule has 164 valence electrons. The zero-order valence-corrected chi connectivity index (χ0v) is 19.3. The van der Waals surface area contributed by atoms with Gasteiger partial charge in [0.25, 0.3) is 0 Å². The summed E-state index contributed by atoms with van der Waals surface area (Å²) in [7, 11) is 1.79. The fourth-order valence-corrected chi connectivity index (χ4v) is 4.13. The maximum Gasteiger partial charge on any atom is 0.310 e. The van der Waals surface area contributed by atoms with Gasteiger partial charge in [0.15, 0.2) is 11.1 Å². The first kappa shape index (κ1) is 23.5. The highest BCUT2D eigenvalue weighted by Gasteiger charge is 2.28. The largest absolute Gasteiger partial charge is 0.466 e. The van der Waals surface area contributed by atoms with Gasteiger partial charge in [0.05, 0.1) is 12.5 Å². The van der Waals surface area contributed by atoms with Gasteiger partial charge in [-0.25, -0.2) is 0 Å². The molecule has 0 aromatic carbocycles. The number of piperidine rings is 1. The number of aryl methyl sites for hydroxylation is 1. The van der Waals surface area contributed by atoms with Crippen molar-refractivity contribution in [2.45, 2.75) is 58.2 Å². The van der Waals surface area contributed by atoms with Crippen molar-refractivity contribution in [2.75, 3.05) is 39.5 Å². The second-order valence-corrected chi connectivity index (χ2v) is 8.50. The number of rotatable bonds is 9. The molecule has 0 saturated carbocycles. The number of aromatic nitrogens is 3. The molecule has 1 aromatic heterocycles. The molecule has 1 unspecified atom stereocenters. The molecule has 1 saturated heterocycles. The van der Waals surface area contributed by atoms with Crippen LogP contribution in [-0.4, -0.2) is 71.1 Å². The summed E-state index contributed by atoms with van der Waals surface area (Å²) in [5.41, 5.74) is 0. The van der Waals surface area contributed by atoms with Crippen molar-refractivity contribution in [3.8, 4) is 0 Å². The van der Waals surface area contributed by atoms with Crippen LogP contribution >= 0.6 is 11.8 Å². The minimum Gasteiger partial charge on any atom is -0.466 e. The van der Waals surface area contributed by atoms with E-state index in [1.807, 2.05) is 13.2 Å². The van der Waals surface area contributed by atoms with Gasteiger partial charge in [0, 0.05) is 39.6 Å². The van der Waals surface area contributed by atoms with Crippen LogP contribution in [-0.2, 0) is 22.5 Å². The van der Waals surface area contributed by atoms with Gasteiger partial charge in [0.1, 0.15) is 5.82 Å². The molecule has 2 rings (SSSR count). The van der Waals surface area contributed by atoms with E-state index in [2.05, 4.69) is 43.8 Å². The molecule has 2 heterocycles. The lowest BCUT2D eigenvalue weighted by molar-refractivity contribution is -0.149. The Morgan fingerprint density at radius 2 is 2.21 bits per heavy atom. The number of nitrogens with one attached hydrogen (secondary N) is 1. The van der Waals surface area contributed by atoms with Crippen LogP contribution in [0.2, 0.25) is 0 Å². The highest BCUT2D eigenvalue weighted by Crippen LogP contribution is 2.19. The van der Waals surface area contributed by atoms with E-state index in [4.69, 9.17) is 4.74 Å².